The lowest BCUT2D eigenvalue weighted by Crippen LogP contribution is -2.25. The predicted molar refractivity (Wildman–Crippen MR) is 92.5 cm³/mol. The molecule has 7 heteroatoms. The van der Waals surface area contributed by atoms with Crippen LogP contribution < -0.4 is 4.74 Å². The Morgan fingerprint density at radius 3 is 2.61 bits per heavy atom. The van der Waals surface area contributed by atoms with Gasteiger partial charge in [-0.2, -0.15) is 9.52 Å². The van der Waals surface area contributed by atoms with Gasteiger partial charge in [0.25, 0.3) is 0 Å². The number of sulfonamides is 1. The zero-order valence-corrected chi connectivity index (χ0v) is 14.6. The van der Waals surface area contributed by atoms with Crippen molar-refractivity contribution < 1.29 is 13.2 Å². The summed E-state index contributed by atoms with van der Waals surface area (Å²) in [6.07, 6.45) is 1.76. The zero-order chi connectivity index (χ0) is 16.4. The molecule has 2 aromatic rings. The maximum absolute atomic E-state index is 12.1. The average molecular weight is 350 g/mol. The molecule has 1 atom stereocenters. The lowest BCUT2D eigenvalue weighted by molar-refractivity contribution is 0.339. The van der Waals surface area contributed by atoms with Gasteiger partial charge in [0.05, 0.1) is 29.5 Å². The lowest BCUT2D eigenvalue weighted by Gasteiger charge is -2.21. The molecule has 5 nitrogen and oxygen atoms in total. The smallest absolute Gasteiger partial charge is 0.247 e. The van der Waals surface area contributed by atoms with Crippen LogP contribution in [0.1, 0.15) is 29.8 Å². The van der Waals surface area contributed by atoms with E-state index in [-0.39, 0.29) is 6.04 Å². The number of hydrogen-bond donors (Lipinski definition) is 0. The molecule has 0 N–H and O–H groups in total. The molecule has 0 amide bonds. The van der Waals surface area contributed by atoms with E-state index in [0.717, 1.165) is 21.9 Å². The van der Waals surface area contributed by atoms with Crippen molar-refractivity contribution in [1.82, 2.24) is 4.41 Å². The van der Waals surface area contributed by atoms with Gasteiger partial charge in [-0.1, -0.05) is 18.2 Å². The summed E-state index contributed by atoms with van der Waals surface area (Å²) in [5.41, 5.74) is 1.72. The van der Waals surface area contributed by atoms with Gasteiger partial charge in [-0.05, 0) is 36.1 Å². The van der Waals surface area contributed by atoms with Gasteiger partial charge in [0.1, 0.15) is 5.75 Å². The number of hydrogen-bond acceptors (Lipinski definition) is 5. The van der Waals surface area contributed by atoms with Crippen LogP contribution in [0.3, 0.4) is 0 Å². The van der Waals surface area contributed by atoms with E-state index in [2.05, 4.69) is 5.10 Å². The molecule has 1 aliphatic rings. The standard InChI is InChI=1S/C16H18N2O3S2/c1-3-21-13-8-6-12(7-9-13)15-11-14(16-5-4-10-22-16)17-18(15)23(2,19)20/h4-10,15H,3,11H2,1-2H3/t15-/m0/s1. The zero-order valence-electron chi connectivity index (χ0n) is 13.0. The summed E-state index contributed by atoms with van der Waals surface area (Å²) in [5.74, 6) is 0.777. The van der Waals surface area contributed by atoms with E-state index in [1.54, 1.807) is 11.3 Å². The minimum Gasteiger partial charge on any atom is -0.494 e. The van der Waals surface area contributed by atoms with Crippen molar-refractivity contribution in [2.75, 3.05) is 12.9 Å². The Balaban J connectivity index is 1.92. The van der Waals surface area contributed by atoms with Crippen LogP contribution in [0, 0.1) is 0 Å². The molecule has 0 bridgehead atoms. The highest BCUT2D eigenvalue weighted by atomic mass is 32.2. The SMILES string of the molecule is CCOc1ccc([C@@H]2CC(c3cccs3)=NN2S(C)(=O)=O)cc1. The molecule has 1 aromatic heterocycles. The van der Waals surface area contributed by atoms with Gasteiger partial charge in [-0.25, -0.2) is 8.42 Å². The Bertz CT molecular complexity index is 796. The summed E-state index contributed by atoms with van der Waals surface area (Å²) >= 11 is 1.57. The third kappa shape index (κ3) is 3.40. The Morgan fingerprint density at radius 2 is 2.04 bits per heavy atom. The summed E-state index contributed by atoms with van der Waals surface area (Å²) in [6, 6.07) is 11.1. The molecule has 0 saturated carbocycles. The Kier molecular flexibility index (Phi) is 4.41. The highest BCUT2D eigenvalue weighted by molar-refractivity contribution is 7.88. The molecule has 0 aliphatic carbocycles. The third-order valence-electron chi connectivity index (χ3n) is 3.59. The maximum Gasteiger partial charge on any atom is 0.247 e. The normalized spacial score (nSPS) is 18.1. The van der Waals surface area contributed by atoms with E-state index in [9.17, 15) is 8.42 Å². The van der Waals surface area contributed by atoms with Crippen molar-refractivity contribution >= 4 is 27.1 Å². The van der Waals surface area contributed by atoms with Crippen molar-refractivity contribution in [3.05, 3.63) is 52.2 Å². The fraction of sp³-hybridized carbons (Fsp3) is 0.312. The fourth-order valence-corrected chi connectivity index (χ4v) is 4.21. The van der Waals surface area contributed by atoms with Crippen molar-refractivity contribution in [3.8, 4) is 5.75 Å². The molecule has 0 saturated heterocycles. The molecule has 0 unspecified atom stereocenters. The molecule has 0 radical (unpaired) electrons. The largest absolute Gasteiger partial charge is 0.494 e. The number of nitrogens with zero attached hydrogens (tertiary/aromatic N) is 2. The first-order valence-corrected chi connectivity index (χ1v) is 10.1. The Hall–Kier alpha value is -1.86. The molecule has 122 valence electrons. The highest BCUT2D eigenvalue weighted by Gasteiger charge is 2.34. The third-order valence-corrected chi connectivity index (χ3v) is 5.53. The summed E-state index contributed by atoms with van der Waals surface area (Å²) in [4.78, 5) is 1.01. The second-order valence-corrected chi connectivity index (χ2v) is 8.07. The first-order valence-electron chi connectivity index (χ1n) is 7.32. The van der Waals surface area contributed by atoms with Gasteiger partial charge in [0.15, 0.2) is 0 Å². The van der Waals surface area contributed by atoms with Crippen molar-refractivity contribution in [2.45, 2.75) is 19.4 Å². The van der Waals surface area contributed by atoms with Crippen LogP contribution in [0.5, 0.6) is 5.75 Å². The number of ether oxygens (including phenoxy) is 1. The van der Waals surface area contributed by atoms with E-state index in [1.807, 2.05) is 48.7 Å². The topological polar surface area (TPSA) is 59.0 Å². The number of thiophene rings is 1. The fourth-order valence-electron chi connectivity index (χ4n) is 2.59. The molecular weight excluding hydrogens is 332 g/mol. The van der Waals surface area contributed by atoms with Crippen LogP contribution in [-0.4, -0.2) is 31.4 Å². The van der Waals surface area contributed by atoms with Crippen LogP contribution in [-0.2, 0) is 10.0 Å². The summed E-state index contributed by atoms with van der Waals surface area (Å²) < 4.78 is 30.9. The van der Waals surface area contributed by atoms with Gasteiger partial charge in [-0.15, -0.1) is 11.3 Å². The number of benzene rings is 1. The van der Waals surface area contributed by atoms with Crippen molar-refractivity contribution in [3.63, 3.8) is 0 Å². The lowest BCUT2D eigenvalue weighted by atomic mass is 10.0. The second kappa shape index (κ2) is 6.33. The number of hydrazone groups is 1. The maximum atomic E-state index is 12.1. The number of rotatable bonds is 5. The van der Waals surface area contributed by atoms with Gasteiger partial charge in [0, 0.05) is 6.42 Å². The van der Waals surface area contributed by atoms with E-state index in [1.165, 1.54) is 10.7 Å². The molecule has 2 heterocycles. The summed E-state index contributed by atoms with van der Waals surface area (Å²) in [7, 11) is -3.42. The molecule has 0 fully saturated rings. The van der Waals surface area contributed by atoms with Gasteiger partial charge < -0.3 is 4.74 Å². The minimum absolute atomic E-state index is 0.308. The second-order valence-electron chi connectivity index (χ2n) is 5.28. The average Bonchev–Trinajstić information content (AvgIpc) is 3.17. The van der Waals surface area contributed by atoms with Crippen molar-refractivity contribution in [2.24, 2.45) is 5.10 Å². The molecule has 0 spiro atoms. The summed E-state index contributed by atoms with van der Waals surface area (Å²) in [6.45, 7) is 2.53. The predicted octanol–water partition coefficient (Wildman–Crippen LogP) is 3.26. The van der Waals surface area contributed by atoms with E-state index < -0.39 is 10.0 Å². The van der Waals surface area contributed by atoms with E-state index in [4.69, 9.17) is 4.74 Å². The van der Waals surface area contributed by atoms with Crippen LogP contribution in [0.15, 0.2) is 46.9 Å². The van der Waals surface area contributed by atoms with Crippen LogP contribution in [0.25, 0.3) is 0 Å². The quantitative estimate of drug-likeness (QED) is 0.832. The minimum atomic E-state index is -3.42. The molecule has 1 aliphatic heterocycles. The van der Waals surface area contributed by atoms with Crippen molar-refractivity contribution in [1.29, 1.82) is 0 Å². The van der Waals surface area contributed by atoms with Crippen LogP contribution >= 0.6 is 11.3 Å². The van der Waals surface area contributed by atoms with E-state index in [0.29, 0.717) is 13.0 Å². The molecule has 23 heavy (non-hydrogen) atoms. The van der Waals surface area contributed by atoms with Crippen LogP contribution in [0.2, 0.25) is 0 Å². The first-order chi connectivity index (χ1) is 11.0. The first kappa shape index (κ1) is 16.0. The molecule has 1 aromatic carbocycles. The van der Waals surface area contributed by atoms with Gasteiger partial charge in [0.2, 0.25) is 10.0 Å². The Morgan fingerprint density at radius 1 is 1.30 bits per heavy atom. The highest BCUT2D eigenvalue weighted by Crippen LogP contribution is 2.35. The van der Waals surface area contributed by atoms with E-state index >= 15 is 0 Å². The monoisotopic (exact) mass is 350 g/mol. The molecule has 3 rings (SSSR count). The van der Waals surface area contributed by atoms with Crippen LogP contribution in [0.4, 0.5) is 0 Å². The molecular formula is C16H18N2O3S2. The summed E-state index contributed by atoms with van der Waals surface area (Å²) in [5, 5.41) is 6.32. The van der Waals surface area contributed by atoms with Gasteiger partial charge in [-0.3, -0.25) is 0 Å². The van der Waals surface area contributed by atoms with Gasteiger partial charge >= 0.3 is 0 Å². The Labute approximate surface area is 140 Å².